The van der Waals surface area contributed by atoms with Gasteiger partial charge >= 0.3 is 0 Å². The molecule has 1 aromatic rings. The predicted molar refractivity (Wildman–Crippen MR) is 94.9 cm³/mol. The summed E-state index contributed by atoms with van der Waals surface area (Å²) in [6.07, 6.45) is -0.0111. The van der Waals surface area contributed by atoms with Gasteiger partial charge < -0.3 is 19.3 Å². The minimum atomic E-state index is -3.56. The van der Waals surface area contributed by atoms with Gasteiger partial charge in [-0.1, -0.05) is 6.92 Å². The summed E-state index contributed by atoms with van der Waals surface area (Å²) in [6, 6.07) is 4.46. The van der Waals surface area contributed by atoms with E-state index in [-0.39, 0.29) is 23.0 Å². The van der Waals surface area contributed by atoms with E-state index in [0.29, 0.717) is 24.6 Å². The Balaban J connectivity index is 1.98. The van der Waals surface area contributed by atoms with E-state index in [1.54, 1.807) is 11.0 Å². The second kappa shape index (κ2) is 8.53. The van der Waals surface area contributed by atoms with Crippen molar-refractivity contribution in [1.29, 1.82) is 0 Å². The first-order valence-corrected chi connectivity index (χ1v) is 10.0. The Hall–Kier alpha value is -1.80. The van der Waals surface area contributed by atoms with E-state index in [4.69, 9.17) is 9.47 Å². The molecule has 8 heteroatoms. The van der Waals surface area contributed by atoms with Crippen molar-refractivity contribution in [2.24, 2.45) is 0 Å². The fourth-order valence-electron chi connectivity index (χ4n) is 2.82. The zero-order chi connectivity index (χ0) is 18.4. The number of ether oxygens (including phenoxy) is 2. The number of carbonyl (C=O) groups is 1. The van der Waals surface area contributed by atoms with Crippen LogP contribution in [-0.4, -0.2) is 76.8 Å². The molecule has 0 saturated carbocycles. The number of nitrogens with zero attached hydrogens (tertiary/aromatic N) is 2. The molecule has 0 atom stereocenters. The molecule has 1 aromatic carbocycles. The fraction of sp³-hybridized carbons (Fsp3) is 0.588. The molecule has 1 heterocycles. The molecule has 2 rings (SSSR count). The van der Waals surface area contributed by atoms with Crippen LogP contribution in [0.3, 0.4) is 0 Å². The van der Waals surface area contributed by atoms with Gasteiger partial charge in [-0.3, -0.25) is 4.79 Å². The Morgan fingerprint density at radius 3 is 2.28 bits per heavy atom. The second-order valence-corrected chi connectivity index (χ2v) is 8.01. The largest absolute Gasteiger partial charge is 0.493 e. The summed E-state index contributed by atoms with van der Waals surface area (Å²) >= 11 is 0. The molecular weight excluding hydrogens is 344 g/mol. The number of hydrogen-bond acceptors (Lipinski definition) is 6. The van der Waals surface area contributed by atoms with Crippen LogP contribution in [0.1, 0.15) is 13.3 Å². The molecule has 0 spiro atoms. The number of amides is 1. The van der Waals surface area contributed by atoms with Gasteiger partial charge in [0.05, 0.1) is 24.9 Å². The third-order valence-corrected chi connectivity index (χ3v) is 6.18. The lowest BCUT2D eigenvalue weighted by molar-refractivity contribution is -0.132. The first-order chi connectivity index (χ1) is 11.9. The fourth-order valence-corrected chi connectivity index (χ4v) is 4.06. The topological polar surface area (TPSA) is 76.2 Å². The maximum atomic E-state index is 12.5. The Bertz CT molecular complexity index is 697. The molecule has 0 radical (unpaired) electrons. The Labute approximate surface area is 149 Å². The summed E-state index contributed by atoms with van der Waals surface area (Å²) in [5.41, 5.74) is 0. The summed E-state index contributed by atoms with van der Waals surface area (Å²) in [7, 11) is -0.619. The average Bonchev–Trinajstić information content (AvgIpc) is 2.65. The molecule has 0 bridgehead atoms. The van der Waals surface area contributed by atoms with Crippen LogP contribution in [0.4, 0.5) is 0 Å². The number of piperazine rings is 1. The van der Waals surface area contributed by atoms with Crippen molar-refractivity contribution in [3.8, 4) is 11.5 Å². The number of rotatable bonds is 7. The highest BCUT2D eigenvalue weighted by Crippen LogP contribution is 2.30. The highest BCUT2D eigenvalue weighted by molar-refractivity contribution is 7.91. The number of likely N-dealkylation sites (N-methyl/N-ethyl adjacent to an activating group) is 1. The first-order valence-electron chi connectivity index (χ1n) is 8.36. The normalized spacial score (nSPS) is 15.9. The average molecular weight is 370 g/mol. The molecule has 1 aliphatic rings. The molecule has 140 valence electrons. The Morgan fingerprint density at radius 1 is 1.08 bits per heavy atom. The molecule has 1 saturated heterocycles. The number of carbonyl (C=O) groups excluding carboxylic acids is 1. The van der Waals surface area contributed by atoms with Crippen molar-refractivity contribution in [2.75, 3.05) is 52.7 Å². The van der Waals surface area contributed by atoms with Gasteiger partial charge in [0.25, 0.3) is 0 Å². The predicted octanol–water partition coefficient (Wildman–Crippen LogP) is 1.03. The summed E-state index contributed by atoms with van der Waals surface area (Å²) in [5.74, 6) is 0.492. The van der Waals surface area contributed by atoms with Gasteiger partial charge in [0, 0.05) is 38.7 Å². The minimum Gasteiger partial charge on any atom is -0.493 e. The van der Waals surface area contributed by atoms with Crippen LogP contribution < -0.4 is 9.47 Å². The van der Waals surface area contributed by atoms with E-state index in [0.717, 1.165) is 19.6 Å². The summed E-state index contributed by atoms with van der Waals surface area (Å²) in [6.45, 7) is 6.05. The standard InChI is InChI=1S/C17H26N2O5S/c1-4-18-8-10-19(11-9-18)17(20)7-12-25(21,22)14-5-6-15(23-2)16(13-14)24-3/h5-6,13H,4,7-12H2,1-3H3. The van der Waals surface area contributed by atoms with Crippen molar-refractivity contribution < 1.29 is 22.7 Å². The van der Waals surface area contributed by atoms with Gasteiger partial charge in [0.2, 0.25) is 5.91 Å². The number of methoxy groups -OCH3 is 2. The van der Waals surface area contributed by atoms with Crippen LogP contribution in [0, 0.1) is 0 Å². The van der Waals surface area contributed by atoms with E-state index >= 15 is 0 Å². The van der Waals surface area contributed by atoms with Gasteiger partial charge in [0.15, 0.2) is 21.3 Å². The Morgan fingerprint density at radius 2 is 1.72 bits per heavy atom. The van der Waals surface area contributed by atoms with E-state index in [1.165, 1.54) is 26.4 Å². The van der Waals surface area contributed by atoms with Gasteiger partial charge in [0.1, 0.15) is 0 Å². The van der Waals surface area contributed by atoms with Crippen molar-refractivity contribution in [3.63, 3.8) is 0 Å². The van der Waals surface area contributed by atoms with Crippen molar-refractivity contribution in [2.45, 2.75) is 18.2 Å². The lowest BCUT2D eigenvalue weighted by Gasteiger charge is -2.34. The van der Waals surface area contributed by atoms with Crippen molar-refractivity contribution in [3.05, 3.63) is 18.2 Å². The molecule has 1 amide bonds. The van der Waals surface area contributed by atoms with E-state index in [2.05, 4.69) is 11.8 Å². The number of sulfone groups is 1. The zero-order valence-electron chi connectivity index (χ0n) is 15.0. The molecule has 0 N–H and O–H groups in total. The first kappa shape index (κ1) is 19.5. The molecule has 0 aliphatic carbocycles. The van der Waals surface area contributed by atoms with Gasteiger partial charge in [-0.2, -0.15) is 0 Å². The van der Waals surface area contributed by atoms with Gasteiger partial charge in [-0.25, -0.2) is 8.42 Å². The van der Waals surface area contributed by atoms with E-state index < -0.39 is 9.84 Å². The molecule has 0 unspecified atom stereocenters. The van der Waals surface area contributed by atoms with Crippen LogP contribution in [0.15, 0.2) is 23.1 Å². The monoisotopic (exact) mass is 370 g/mol. The smallest absolute Gasteiger partial charge is 0.223 e. The Kier molecular flexibility index (Phi) is 6.66. The number of hydrogen-bond donors (Lipinski definition) is 0. The summed E-state index contributed by atoms with van der Waals surface area (Å²) < 4.78 is 35.3. The molecule has 0 aromatic heterocycles. The third kappa shape index (κ3) is 4.85. The van der Waals surface area contributed by atoms with Crippen LogP contribution >= 0.6 is 0 Å². The second-order valence-electron chi connectivity index (χ2n) is 5.90. The number of benzene rings is 1. The van der Waals surface area contributed by atoms with Crippen molar-refractivity contribution in [1.82, 2.24) is 9.80 Å². The van der Waals surface area contributed by atoms with Crippen LogP contribution in [0.5, 0.6) is 11.5 Å². The molecule has 1 aliphatic heterocycles. The van der Waals surface area contributed by atoms with Crippen molar-refractivity contribution >= 4 is 15.7 Å². The summed E-state index contributed by atoms with van der Waals surface area (Å²) in [4.78, 5) is 16.4. The van der Waals surface area contributed by atoms with E-state index in [9.17, 15) is 13.2 Å². The van der Waals surface area contributed by atoms with Gasteiger partial charge in [-0.15, -0.1) is 0 Å². The molecule has 1 fully saturated rings. The molecular formula is C17H26N2O5S. The quantitative estimate of drug-likeness (QED) is 0.714. The zero-order valence-corrected chi connectivity index (χ0v) is 15.8. The summed E-state index contributed by atoms with van der Waals surface area (Å²) in [5, 5.41) is 0. The SMILES string of the molecule is CCN1CCN(C(=O)CCS(=O)(=O)c2ccc(OC)c(OC)c2)CC1. The molecule has 25 heavy (non-hydrogen) atoms. The highest BCUT2D eigenvalue weighted by Gasteiger charge is 2.23. The third-order valence-electron chi connectivity index (χ3n) is 4.47. The lowest BCUT2D eigenvalue weighted by Crippen LogP contribution is -2.48. The van der Waals surface area contributed by atoms with Crippen LogP contribution in [-0.2, 0) is 14.6 Å². The minimum absolute atomic E-state index is 0.0111. The van der Waals surface area contributed by atoms with E-state index in [1.807, 2.05) is 0 Å². The maximum absolute atomic E-state index is 12.5. The lowest BCUT2D eigenvalue weighted by atomic mass is 10.3. The highest BCUT2D eigenvalue weighted by atomic mass is 32.2. The molecule has 7 nitrogen and oxygen atoms in total. The van der Waals surface area contributed by atoms with Gasteiger partial charge in [-0.05, 0) is 18.7 Å². The maximum Gasteiger partial charge on any atom is 0.223 e. The van der Waals surface area contributed by atoms with Crippen LogP contribution in [0.2, 0.25) is 0 Å². The van der Waals surface area contributed by atoms with Crippen LogP contribution in [0.25, 0.3) is 0 Å².